The Morgan fingerprint density at radius 1 is 1.14 bits per heavy atom. The molecule has 2 aromatic rings. The summed E-state index contributed by atoms with van der Waals surface area (Å²) in [6.45, 7) is 5.12. The predicted molar refractivity (Wildman–Crippen MR) is 148 cm³/mol. The minimum Gasteiger partial charge on any atom is -0.481 e. The van der Waals surface area contributed by atoms with Gasteiger partial charge in [-0.2, -0.15) is 13.2 Å². The molecule has 1 saturated carbocycles. The second kappa shape index (κ2) is 12.4. The quantitative estimate of drug-likeness (QED) is 0.369. The van der Waals surface area contributed by atoms with Crippen LogP contribution in [0.4, 0.5) is 22.0 Å². The van der Waals surface area contributed by atoms with Crippen molar-refractivity contribution in [2.45, 2.75) is 83.2 Å². The number of hydrogen-bond donors (Lipinski definition) is 2. The molecule has 2 fully saturated rings. The van der Waals surface area contributed by atoms with Crippen LogP contribution in [0.2, 0.25) is 0 Å². The summed E-state index contributed by atoms with van der Waals surface area (Å²) in [5, 5.41) is 13.8. The number of aliphatic carboxylic acids is 1. The molecule has 9 nitrogen and oxygen atoms in total. The fourth-order valence-corrected chi connectivity index (χ4v) is 6.64. The number of nitrogens with zero attached hydrogens (tertiary/aromatic N) is 3. The molecule has 2 N–H and O–H groups in total. The van der Waals surface area contributed by atoms with Crippen LogP contribution < -0.4 is 14.8 Å². The molecule has 1 aliphatic carbocycles. The van der Waals surface area contributed by atoms with Crippen molar-refractivity contribution < 1.29 is 46.1 Å². The van der Waals surface area contributed by atoms with Crippen molar-refractivity contribution in [1.82, 2.24) is 20.2 Å². The highest BCUT2D eigenvalue weighted by Gasteiger charge is 2.59. The summed E-state index contributed by atoms with van der Waals surface area (Å²) in [6, 6.07) is 0.621. The van der Waals surface area contributed by atoms with Gasteiger partial charge in [0.1, 0.15) is 6.04 Å². The third-order valence-corrected chi connectivity index (χ3v) is 8.45. The molecule has 44 heavy (non-hydrogen) atoms. The summed E-state index contributed by atoms with van der Waals surface area (Å²) in [4.78, 5) is 36.4. The molecular formula is C30H37F5N4O5. The van der Waals surface area contributed by atoms with Crippen molar-refractivity contribution in [3.05, 3.63) is 47.3 Å². The first-order valence-electron chi connectivity index (χ1n) is 14.3. The highest BCUT2D eigenvalue weighted by atomic mass is 19.4. The number of likely N-dealkylation sites (tertiary alicyclic amines) is 1. The second-order valence-electron chi connectivity index (χ2n) is 12.4. The lowest BCUT2D eigenvalue weighted by Crippen LogP contribution is -2.50. The number of pyridine rings is 2. The van der Waals surface area contributed by atoms with Crippen molar-refractivity contribution >= 4 is 11.9 Å². The maximum Gasteiger partial charge on any atom is 0.417 e. The number of ether oxygens (including phenoxy) is 2. The largest absolute Gasteiger partial charge is 0.481 e. The van der Waals surface area contributed by atoms with E-state index in [1.165, 1.54) is 20.4 Å². The Hall–Kier alpha value is -3.55. The second-order valence-corrected chi connectivity index (χ2v) is 12.4. The fraction of sp³-hybridized carbons (Fsp3) is 0.600. The van der Waals surface area contributed by atoms with Gasteiger partial charge >= 0.3 is 12.1 Å². The summed E-state index contributed by atoms with van der Waals surface area (Å²) in [7, 11) is 2.61. The van der Waals surface area contributed by atoms with Crippen molar-refractivity contribution in [2.75, 3.05) is 14.2 Å². The van der Waals surface area contributed by atoms with Gasteiger partial charge in [0, 0.05) is 60.8 Å². The first-order chi connectivity index (χ1) is 20.5. The molecule has 4 rings (SSSR count). The zero-order chi connectivity index (χ0) is 32.6. The number of amides is 1. The first-order valence-corrected chi connectivity index (χ1v) is 14.3. The zero-order valence-corrected chi connectivity index (χ0v) is 25.1. The number of alkyl halides is 5. The summed E-state index contributed by atoms with van der Waals surface area (Å²) in [5.74, 6) is -7.09. The van der Waals surface area contributed by atoms with E-state index in [2.05, 4.69) is 15.3 Å². The summed E-state index contributed by atoms with van der Waals surface area (Å²) in [6.07, 6.45) is -3.39. The molecule has 0 spiro atoms. The molecule has 3 heterocycles. The lowest BCUT2D eigenvalue weighted by molar-refractivity contribution is -0.157. The van der Waals surface area contributed by atoms with Gasteiger partial charge in [-0.25, -0.2) is 23.5 Å². The Balaban J connectivity index is 1.88. The first kappa shape index (κ1) is 33.3. The van der Waals surface area contributed by atoms with Crippen molar-refractivity contribution in [3.8, 4) is 11.8 Å². The van der Waals surface area contributed by atoms with Crippen LogP contribution in [-0.4, -0.2) is 64.1 Å². The zero-order valence-electron chi connectivity index (χ0n) is 25.1. The molecule has 0 aromatic carbocycles. The Morgan fingerprint density at radius 2 is 1.82 bits per heavy atom. The summed E-state index contributed by atoms with van der Waals surface area (Å²) >= 11 is 0. The Labute approximate surface area is 252 Å². The van der Waals surface area contributed by atoms with Crippen LogP contribution in [0.25, 0.3) is 0 Å². The number of rotatable bonds is 8. The average Bonchev–Trinajstić information content (AvgIpc) is 3.30. The number of carboxylic acids is 1. The normalized spacial score (nSPS) is 25.5. The molecule has 0 radical (unpaired) electrons. The van der Waals surface area contributed by atoms with Crippen LogP contribution in [0.1, 0.15) is 69.2 Å². The maximum atomic E-state index is 14.5. The highest BCUT2D eigenvalue weighted by molar-refractivity contribution is 5.87. The van der Waals surface area contributed by atoms with Gasteiger partial charge in [0.05, 0.1) is 25.8 Å². The summed E-state index contributed by atoms with van der Waals surface area (Å²) < 4.78 is 80.4. The van der Waals surface area contributed by atoms with Crippen LogP contribution in [0, 0.1) is 17.3 Å². The van der Waals surface area contributed by atoms with E-state index in [1.807, 2.05) is 0 Å². The molecule has 0 unspecified atom stereocenters. The molecule has 1 amide bonds. The summed E-state index contributed by atoms with van der Waals surface area (Å²) in [5.41, 5.74) is -1.42. The monoisotopic (exact) mass is 628 g/mol. The Morgan fingerprint density at radius 3 is 2.39 bits per heavy atom. The molecular weight excluding hydrogens is 591 g/mol. The SMILES string of the molecule is COc1ncc(C(F)(F)F)cc1CN[C@H]1[C@H](C(C)(C)C)[C@@H](C(=O)O)N(C(=O)[C@@H]2CCCC(F)(F)C2)[C@H]1c1cccnc1OC. The molecule has 2 aromatic heterocycles. The lowest BCUT2D eigenvalue weighted by atomic mass is 9.72. The van der Waals surface area contributed by atoms with Gasteiger partial charge in [-0.3, -0.25) is 4.79 Å². The highest BCUT2D eigenvalue weighted by Crippen LogP contribution is 2.51. The average molecular weight is 629 g/mol. The van der Waals surface area contributed by atoms with Crippen LogP contribution in [0.3, 0.4) is 0 Å². The predicted octanol–water partition coefficient (Wildman–Crippen LogP) is 5.50. The molecule has 0 bridgehead atoms. The van der Waals surface area contributed by atoms with Gasteiger partial charge in [-0.05, 0) is 36.5 Å². The van der Waals surface area contributed by atoms with E-state index in [0.717, 1.165) is 11.0 Å². The molecule has 1 aliphatic heterocycles. The van der Waals surface area contributed by atoms with Crippen molar-refractivity contribution in [3.63, 3.8) is 0 Å². The van der Waals surface area contributed by atoms with Gasteiger partial charge in [-0.15, -0.1) is 0 Å². The Kier molecular flexibility index (Phi) is 9.43. The molecule has 242 valence electrons. The number of carboxylic acid groups (broad SMARTS) is 1. The number of halogens is 5. The lowest BCUT2D eigenvalue weighted by Gasteiger charge is -2.37. The minimum absolute atomic E-state index is 0.0514. The molecule has 5 atom stereocenters. The van der Waals surface area contributed by atoms with E-state index in [0.29, 0.717) is 11.8 Å². The number of methoxy groups -OCH3 is 2. The fourth-order valence-electron chi connectivity index (χ4n) is 6.64. The smallest absolute Gasteiger partial charge is 0.417 e. The maximum absolute atomic E-state index is 14.5. The number of nitrogens with one attached hydrogen (secondary N) is 1. The van der Waals surface area contributed by atoms with E-state index in [-0.39, 0.29) is 43.1 Å². The number of carbonyl (C=O) groups is 2. The van der Waals surface area contributed by atoms with Crippen LogP contribution >= 0.6 is 0 Å². The van der Waals surface area contributed by atoms with Crippen LogP contribution in [0.5, 0.6) is 11.8 Å². The van der Waals surface area contributed by atoms with E-state index in [1.54, 1.807) is 32.9 Å². The topological polar surface area (TPSA) is 114 Å². The minimum atomic E-state index is -4.68. The molecule has 1 saturated heterocycles. The van der Waals surface area contributed by atoms with Gasteiger partial charge in [0.15, 0.2) is 0 Å². The van der Waals surface area contributed by atoms with Crippen LogP contribution in [-0.2, 0) is 22.3 Å². The third-order valence-electron chi connectivity index (χ3n) is 8.45. The van der Waals surface area contributed by atoms with E-state index in [4.69, 9.17) is 9.47 Å². The number of hydrogen-bond acceptors (Lipinski definition) is 7. The molecule has 14 heteroatoms. The van der Waals surface area contributed by atoms with Crippen molar-refractivity contribution in [1.29, 1.82) is 0 Å². The Bertz CT molecular complexity index is 1370. The van der Waals surface area contributed by atoms with Crippen molar-refractivity contribution in [2.24, 2.45) is 17.3 Å². The standard InChI is InChI=1S/C30H37F5N4O5/c1-28(2,3)20-21(37-14-17-12-18(30(33,34)35)15-38-24(17)43-4)22(19-9-7-11-36-25(19)44-5)39(23(20)27(41)42)26(40)16-8-6-10-29(31,32)13-16/h7,9,11-12,15-16,20-23,37H,6,8,10,13-14H2,1-5H3,(H,41,42)/t16-,20+,21+,22+,23+/m1/s1. The number of carbonyl (C=O) groups excluding carboxylic acids is 1. The van der Waals surface area contributed by atoms with Gasteiger partial charge in [-0.1, -0.05) is 20.8 Å². The van der Waals surface area contributed by atoms with Gasteiger partial charge < -0.3 is 24.8 Å². The van der Waals surface area contributed by atoms with E-state index in [9.17, 15) is 36.6 Å². The number of aromatic nitrogens is 2. The third kappa shape index (κ3) is 6.74. The molecule has 2 aliphatic rings. The van der Waals surface area contributed by atoms with E-state index < -0.39 is 71.3 Å². The van der Waals surface area contributed by atoms with Gasteiger partial charge in [0.2, 0.25) is 23.6 Å². The van der Waals surface area contributed by atoms with E-state index >= 15 is 0 Å². The van der Waals surface area contributed by atoms with Crippen LogP contribution in [0.15, 0.2) is 30.6 Å². The van der Waals surface area contributed by atoms with Gasteiger partial charge in [0.25, 0.3) is 0 Å².